The Labute approximate surface area is 129 Å². The van der Waals surface area contributed by atoms with Crippen LogP contribution in [0.4, 0.5) is 0 Å². The van der Waals surface area contributed by atoms with Crippen LogP contribution < -0.4 is 0 Å². The Kier molecular flexibility index (Phi) is 9.60. The fourth-order valence-electron chi connectivity index (χ4n) is 2.59. The van der Waals surface area contributed by atoms with Crippen LogP contribution in [0.3, 0.4) is 0 Å². The van der Waals surface area contributed by atoms with Gasteiger partial charge in [-0.3, -0.25) is 4.79 Å². The number of carbonyl (C=O) groups is 1. The minimum atomic E-state index is -0.724. The Morgan fingerprint density at radius 1 is 0.810 bits per heavy atom. The number of aliphatic carboxylic acids is 1. The van der Waals surface area contributed by atoms with Crippen molar-refractivity contribution in [2.24, 2.45) is 0 Å². The third-order valence-corrected chi connectivity index (χ3v) is 3.97. The molecule has 0 aliphatic heterocycles. The number of hydrogen-bond acceptors (Lipinski definition) is 1. The second-order valence-corrected chi connectivity index (χ2v) is 5.94. The molecule has 0 atom stereocenters. The van der Waals surface area contributed by atoms with Gasteiger partial charge in [0.2, 0.25) is 0 Å². The van der Waals surface area contributed by atoms with Gasteiger partial charge in [-0.25, -0.2) is 0 Å². The molecule has 1 N–H and O–H groups in total. The van der Waals surface area contributed by atoms with Crippen LogP contribution in [0.15, 0.2) is 24.3 Å². The van der Waals surface area contributed by atoms with E-state index in [0.717, 1.165) is 12.0 Å². The Bertz CT molecular complexity index is 381. The predicted octanol–water partition coefficient (Wildman–Crippen LogP) is 5.39. The fourth-order valence-corrected chi connectivity index (χ4v) is 2.59. The molecule has 0 saturated carbocycles. The topological polar surface area (TPSA) is 37.3 Å². The van der Waals surface area contributed by atoms with Gasteiger partial charge in [0.1, 0.15) is 0 Å². The minimum absolute atomic E-state index is 0.220. The molecule has 0 aliphatic rings. The van der Waals surface area contributed by atoms with Crippen molar-refractivity contribution in [3.8, 4) is 0 Å². The van der Waals surface area contributed by atoms with Gasteiger partial charge in [0.15, 0.2) is 0 Å². The first-order valence-corrected chi connectivity index (χ1v) is 8.52. The van der Waals surface area contributed by atoms with E-state index in [2.05, 4.69) is 31.2 Å². The molecule has 1 aromatic carbocycles. The van der Waals surface area contributed by atoms with E-state index in [-0.39, 0.29) is 6.42 Å². The van der Waals surface area contributed by atoms with Crippen molar-refractivity contribution < 1.29 is 9.90 Å². The van der Waals surface area contributed by atoms with Crippen LogP contribution >= 0.6 is 0 Å². The maximum atomic E-state index is 10.5. The van der Waals surface area contributed by atoms with Crippen molar-refractivity contribution in [2.75, 3.05) is 0 Å². The summed E-state index contributed by atoms with van der Waals surface area (Å²) in [6.45, 7) is 2.26. The molecular formula is C19H30O2. The molecule has 0 radical (unpaired) electrons. The van der Waals surface area contributed by atoms with E-state index < -0.39 is 5.97 Å². The Balaban J connectivity index is 2.08. The predicted molar refractivity (Wildman–Crippen MR) is 88.7 cm³/mol. The lowest BCUT2D eigenvalue weighted by atomic mass is 10.0. The van der Waals surface area contributed by atoms with Crippen LogP contribution in [0.5, 0.6) is 0 Å². The average molecular weight is 290 g/mol. The monoisotopic (exact) mass is 290 g/mol. The summed E-state index contributed by atoms with van der Waals surface area (Å²) in [5, 5.41) is 8.66. The van der Waals surface area contributed by atoms with Crippen molar-refractivity contribution in [2.45, 2.75) is 77.6 Å². The summed E-state index contributed by atoms with van der Waals surface area (Å²) in [5.74, 6) is -0.724. The van der Waals surface area contributed by atoms with Crippen molar-refractivity contribution in [1.29, 1.82) is 0 Å². The number of unbranched alkanes of at least 4 members (excludes halogenated alkanes) is 7. The first kappa shape index (κ1) is 17.7. The number of benzene rings is 1. The molecule has 1 rings (SSSR count). The summed E-state index contributed by atoms with van der Waals surface area (Å²) in [6, 6.07) is 8.45. The second-order valence-electron chi connectivity index (χ2n) is 5.94. The Morgan fingerprint density at radius 2 is 1.29 bits per heavy atom. The highest BCUT2D eigenvalue weighted by Gasteiger charge is 2.00. The highest BCUT2D eigenvalue weighted by molar-refractivity contribution is 5.67. The van der Waals surface area contributed by atoms with E-state index in [0.29, 0.717) is 6.42 Å². The largest absolute Gasteiger partial charge is 0.481 e. The van der Waals surface area contributed by atoms with Crippen molar-refractivity contribution in [3.05, 3.63) is 35.4 Å². The quantitative estimate of drug-likeness (QED) is 0.524. The molecule has 0 heterocycles. The lowest BCUT2D eigenvalue weighted by molar-refractivity contribution is -0.136. The summed E-state index contributed by atoms with van der Waals surface area (Å²) >= 11 is 0. The molecule has 21 heavy (non-hydrogen) atoms. The first-order chi connectivity index (χ1) is 10.2. The molecule has 0 amide bonds. The van der Waals surface area contributed by atoms with Crippen LogP contribution in [0, 0.1) is 0 Å². The molecule has 1 aromatic rings. The van der Waals surface area contributed by atoms with Crippen LogP contribution in [0.2, 0.25) is 0 Å². The van der Waals surface area contributed by atoms with E-state index in [4.69, 9.17) is 5.11 Å². The van der Waals surface area contributed by atoms with Crippen LogP contribution in [-0.2, 0) is 17.6 Å². The summed E-state index contributed by atoms with van der Waals surface area (Å²) in [6.07, 6.45) is 12.8. The SMILES string of the molecule is CCCCCCCCCCc1ccc(CCC(=O)O)cc1. The number of carboxylic acids is 1. The maximum Gasteiger partial charge on any atom is 0.303 e. The molecule has 118 valence electrons. The van der Waals surface area contributed by atoms with Gasteiger partial charge >= 0.3 is 5.97 Å². The maximum absolute atomic E-state index is 10.5. The van der Waals surface area contributed by atoms with E-state index in [1.807, 2.05) is 0 Å². The normalized spacial score (nSPS) is 10.7. The van der Waals surface area contributed by atoms with Crippen molar-refractivity contribution >= 4 is 5.97 Å². The summed E-state index contributed by atoms with van der Waals surface area (Å²) in [5.41, 5.74) is 2.50. The third-order valence-electron chi connectivity index (χ3n) is 3.97. The zero-order valence-electron chi connectivity index (χ0n) is 13.4. The fraction of sp³-hybridized carbons (Fsp3) is 0.632. The summed E-state index contributed by atoms with van der Waals surface area (Å²) in [7, 11) is 0. The molecule has 0 fully saturated rings. The van der Waals surface area contributed by atoms with E-state index >= 15 is 0 Å². The zero-order valence-corrected chi connectivity index (χ0v) is 13.4. The van der Waals surface area contributed by atoms with Gasteiger partial charge in [0.05, 0.1) is 0 Å². The summed E-state index contributed by atoms with van der Waals surface area (Å²) < 4.78 is 0. The Hall–Kier alpha value is -1.31. The molecule has 2 heteroatoms. The smallest absolute Gasteiger partial charge is 0.303 e. The number of hydrogen-bond donors (Lipinski definition) is 1. The molecule has 0 unspecified atom stereocenters. The highest BCUT2D eigenvalue weighted by Crippen LogP contribution is 2.12. The molecule has 0 bridgehead atoms. The third kappa shape index (κ3) is 9.28. The van der Waals surface area contributed by atoms with Crippen LogP contribution in [-0.4, -0.2) is 11.1 Å². The molecular weight excluding hydrogens is 260 g/mol. The van der Waals surface area contributed by atoms with Crippen LogP contribution in [0.25, 0.3) is 0 Å². The lowest BCUT2D eigenvalue weighted by Gasteiger charge is -2.04. The standard InChI is InChI=1S/C19H30O2/c1-2-3-4-5-6-7-8-9-10-17-11-13-18(14-12-17)15-16-19(20)21/h11-14H,2-10,15-16H2,1H3,(H,20,21). The average Bonchev–Trinajstić information content (AvgIpc) is 2.49. The number of aryl methyl sites for hydroxylation is 2. The minimum Gasteiger partial charge on any atom is -0.481 e. The van der Waals surface area contributed by atoms with Gasteiger partial charge < -0.3 is 5.11 Å². The first-order valence-electron chi connectivity index (χ1n) is 8.52. The molecule has 0 aliphatic carbocycles. The van der Waals surface area contributed by atoms with Crippen LogP contribution in [0.1, 0.15) is 75.8 Å². The zero-order chi connectivity index (χ0) is 15.3. The van der Waals surface area contributed by atoms with Gasteiger partial charge in [-0.1, -0.05) is 76.1 Å². The van der Waals surface area contributed by atoms with Gasteiger partial charge in [0.25, 0.3) is 0 Å². The lowest BCUT2D eigenvalue weighted by Crippen LogP contribution is -1.97. The van der Waals surface area contributed by atoms with Crippen molar-refractivity contribution in [1.82, 2.24) is 0 Å². The van der Waals surface area contributed by atoms with Gasteiger partial charge in [-0.2, -0.15) is 0 Å². The molecule has 0 saturated heterocycles. The highest BCUT2D eigenvalue weighted by atomic mass is 16.4. The molecule has 2 nitrogen and oxygen atoms in total. The molecule has 0 spiro atoms. The van der Waals surface area contributed by atoms with Gasteiger partial charge in [-0.15, -0.1) is 0 Å². The Morgan fingerprint density at radius 3 is 1.81 bits per heavy atom. The summed E-state index contributed by atoms with van der Waals surface area (Å²) in [4.78, 5) is 10.5. The van der Waals surface area contributed by atoms with E-state index in [1.54, 1.807) is 0 Å². The second kappa shape index (κ2) is 11.4. The number of carboxylic acid groups (broad SMARTS) is 1. The van der Waals surface area contributed by atoms with Crippen molar-refractivity contribution in [3.63, 3.8) is 0 Å². The number of rotatable bonds is 12. The van der Waals surface area contributed by atoms with Gasteiger partial charge in [0, 0.05) is 6.42 Å². The van der Waals surface area contributed by atoms with E-state index in [1.165, 1.54) is 56.9 Å². The van der Waals surface area contributed by atoms with Gasteiger partial charge in [-0.05, 0) is 30.4 Å². The van der Waals surface area contributed by atoms with E-state index in [9.17, 15) is 4.79 Å². The molecule has 0 aromatic heterocycles.